The second-order valence-electron chi connectivity index (χ2n) is 1.89. The van der Waals surface area contributed by atoms with Gasteiger partial charge in [0, 0.05) is 11.9 Å². The van der Waals surface area contributed by atoms with Crippen molar-refractivity contribution in [3.8, 4) is 0 Å². The fourth-order valence-corrected chi connectivity index (χ4v) is 1.21. The molecule has 1 nitrogen and oxygen atoms in total. The highest BCUT2D eigenvalue weighted by Gasteiger charge is 1.93. The molecule has 0 heterocycles. The van der Waals surface area contributed by atoms with Crippen molar-refractivity contribution in [1.82, 2.24) is 0 Å². The fraction of sp³-hybridized carbons (Fsp3) is 0.714. The van der Waals surface area contributed by atoms with Crippen LogP contribution in [0.3, 0.4) is 0 Å². The number of hydrogen-bond donors (Lipinski definition) is 1. The lowest BCUT2D eigenvalue weighted by Gasteiger charge is -2.02. The van der Waals surface area contributed by atoms with E-state index < -0.39 is 0 Å². The maximum Gasteiger partial charge on any atom is 0.0438 e. The van der Waals surface area contributed by atoms with Crippen LogP contribution in [-0.4, -0.2) is 22.7 Å². The van der Waals surface area contributed by atoms with Crippen LogP contribution in [0.1, 0.15) is 13.3 Å². The van der Waals surface area contributed by atoms with Crippen molar-refractivity contribution in [1.29, 1.82) is 0 Å². The molecule has 0 bridgehead atoms. The Bertz CT molecular complexity index is 73.3. The standard InChI is InChI=1S/C7H14OS/c1-3-7(2)9-6-4-5-8/h3,7-8H,1,4-6H2,2H3. The molecule has 0 fully saturated rings. The summed E-state index contributed by atoms with van der Waals surface area (Å²) in [6.07, 6.45) is 2.81. The number of rotatable bonds is 5. The minimum atomic E-state index is 0.302. The average Bonchev–Trinajstić information content (AvgIpc) is 1.89. The van der Waals surface area contributed by atoms with Gasteiger partial charge in [-0.3, -0.25) is 0 Å². The van der Waals surface area contributed by atoms with Crippen molar-refractivity contribution in [2.75, 3.05) is 12.4 Å². The van der Waals surface area contributed by atoms with E-state index in [0.717, 1.165) is 12.2 Å². The van der Waals surface area contributed by atoms with Gasteiger partial charge in [-0.05, 0) is 19.1 Å². The molecule has 0 aliphatic heterocycles. The van der Waals surface area contributed by atoms with Crippen LogP contribution < -0.4 is 0 Å². The van der Waals surface area contributed by atoms with E-state index in [4.69, 9.17) is 5.11 Å². The zero-order valence-corrected chi connectivity index (χ0v) is 6.66. The van der Waals surface area contributed by atoms with Crippen LogP contribution in [0, 0.1) is 0 Å². The maximum absolute atomic E-state index is 8.41. The van der Waals surface area contributed by atoms with E-state index in [1.165, 1.54) is 0 Å². The Morgan fingerprint density at radius 2 is 2.44 bits per heavy atom. The van der Waals surface area contributed by atoms with Crippen molar-refractivity contribution >= 4 is 11.8 Å². The summed E-state index contributed by atoms with van der Waals surface area (Å²) in [7, 11) is 0. The molecule has 0 spiro atoms. The first kappa shape index (κ1) is 9.05. The van der Waals surface area contributed by atoms with Gasteiger partial charge in [0.1, 0.15) is 0 Å². The van der Waals surface area contributed by atoms with E-state index in [1.807, 2.05) is 17.8 Å². The van der Waals surface area contributed by atoms with Crippen LogP contribution in [0.25, 0.3) is 0 Å². The maximum atomic E-state index is 8.41. The summed E-state index contributed by atoms with van der Waals surface area (Å²) >= 11 is 1.82. The molecule has 0 rings (SSSR count). The predicted octanol–water partition coefficient (Wildman–Crippen LogP) is 1.68. The predicted molar refractivity (Wildman–Crippen MR) is 43.8 cm³/mol. The Hall–Kier alpha value is 0.0500. The molecule has 9 heavy (non-hydrogen) atoms. The van der Waals surface area contributed by atoms with E-state index in [1.54, 1.807) is 0 Å². The second-order valence-corrected chi connectivity index (χ2v) is 3.37. The number of aliphatic hydroxyl groups excluding tert-OH is 1. The van der Waals surface area contributed by atoms with Crippen molar-refractivity contribution in [2.24, 2.45) is 0 Å². The van der Waals surface area contributed by atoms with Gasteiger partial charge >= 0.3 is 0 Å². The minimum Gasteiger partial charge on any atom is -0.396 e. The van der Waals surface area contributed by atoms with Crippen LogP contribution in [0.5, 0.6) is 0 Å². The average molecular weight is 146 g/mol. The molecule has 0 radical (unpaired) electrons. The largest absolute Gasteiger partial charge is 0.396 e. The first-order valence-corrected chi connectivity index (χ1v) is 4.21. The molecule has 54 valence electrons. The first-order valence-electron chi connectivity index (χ1n) is 3.16. The topological polar surface area (TPSA) is 20.2 Å². The van der Waals surface area contributed by atoms with E-state index in [0.29, 0.717) is 11.9 Å². The van der Waals surface area contributed by atoms with Crippen LogP contribution in [0.4, 0.5) is 0 Å². The van der Waals surface area contributed by atoms with Gasteiger partial charge in [0.2, 0.25) is 0 Å². The first-order chi connectivity index (χ1) is 4.31. The van der Waals surface area contributed by atoms with E-state index in [-0.39, 0.29) is 0 Å². The monoisotopic (exact) mass is 146 g/mol. The second kappa shape index (κ2) is 6.17. The van der Waals surface area contributed by atoms with Gasteiger partial charge in [-0.1, -0.05) is 6.08 Å². The van der Waals surface area contributed by atoms with Gasteiger partial charge in [-0.2, -0.15) is 11.8 Å². The summed E-state index contributed by atoms with van der Waals surface area (Å²) in [5.41, 5.74) is 0. The van der Waals surface area contributed by atoms with Crippen LogP contribution in [0.15, 0.2) is 12.7 Å². The van der Waals surface area contributed by atoms with Crippen LogP contribution in [-0.2, 0) is 0 Å². The highest BCUT2D eigenvalue weighted by molar-refractivity contribution is 8.00. The molecule has 0 saturated carbocycles. The van der Waals surface area contributed by atoms with Gasteiger partial charge in [0.15, 0.2) is 0 Å². The van der Waals surface area contributed by atoms with Crippen molar-refractivity contribution in [3.05, 3.63) is 12.7 Å². The molecule has 1 unspecified atom stereocenters. The molecular formula is C7H14OS. The van der Waals surface area contributed by atoms with Crippen molar-refractivity contribution < 1.29 is 5.11 Å². The smallest absolute Gasteiger partial charge is 0.0438 e. The molecule has 0 saturated heterocycles. The summed E-state index contributed by atoms with van der Waals surface area (Å²) in [6.45, 7) is 6.06. The molecule has 2 heteroatoms. The zero-order valence-electron chi connectivity index (χ0n) is 5.84. The number of hydrogen-bond acceptors (Lipinski definition) is 2. The summed E-state index contributed by atoms with van der Waals surface area (Å²) in [6, 6.07) is 0. The van der Waals surface area contributed by atoms with Gasteiger partial charge in [-0.25, -0.2) is 0 Å². The lowest BCUT2D eigenvalue weighted by Crippen LogP contribution is -1.93. The normalized spacial score (nSPS) is 13.1. The summed E-state index contributed by atoms with van der Waals surface area (Å²) in [4.78, 5) is 0. The Balaban J connectivity index is 2.96. The lowest BCUT2D eigenvalue weighted by molar-refractivity contribution is 0.296. The molecular weight excluding hydrogens is 132 g/mol. The van der Waals surface area contributed by atoms with Gasteiger partial charge < -0.3 is 5.11 Å². The number of thioether (sulfide) groups is 1. The van der Waals surface area contributed by atoms with Gasteiger partial charge in [0.05, 0.1) is 0 Å². The van der Waals surface area contributed by atoms with Crippen LogP contribution in [0.2, 0.25) is 0 Å². The molecule has 0 aromatic carbocycles. The van der Waals surface area contributed by atoms with Crippen LogP contribution >= 0.6 is 11.8 Å². The van der Waals surface area contributed by atoms with Crippen molar-refractivity contribution in [3.63, 3.8) is 0 Å². The Kier molecular flexibility index (Phi) is 6.21. The molecule has 0 aromatic heterocycles. The summed E-state index contributed by atoms with van der Waals surface area (Å²) in [5.74, 6) is 1.03. The molecule has 0 aliphatic rings. The highest BCUT2D eigenvalue weighted by Crippen LogP contribution is 2.11. The number of aliphatic hydroxyl groups is 1. The Morgan fingerprint density at radius 1 is 1.78 bits per heavy atom. The van der Waals surface area contributed by atoms with E-state index >= 15 is 0 Å². The lowest BCUT2D eigenvalue weighted by atomic mass is 10.5. The van der Waals surface area contributed by atoms with E-state index in [9.17, 15) is 0 Å². The Morgan fingerprint density at radius 3 is 2.89 bits per heavy atom. The quantitative estimate of drug-likeness (QED) is 0.470. The summed E-state index contributed by atoms with van der Waals surface area (Å²) in [5, 5.41) is 8.94. The minimum absolute atomic E-state index is 0.302. The molecule has 0 aromatic rings. The molecule has 0 aliphatic carbocycles. The van der Waals surface area contributed by atoms with Gasteiger partial charge in [-0.15, -0.1) is 6.58 Å². The fourth-order valence-electron chi connectivity index (χ4n) is 0.402. The summed E-state index contributed by atoms with van der Waals surface area (Å²) < 4.78 is 0. The third-order valence-corrected chi connectivity index (χ3v) is 2.26. The van der Waals surface area contributed by atoms with Crippen molar-refractivity contribution in [2.45, 2.75) is 18.6 Å². The SMILES string of the molecule is C=CC(C)SCCCO. The molecule has 0 amide bonds. The Labute approximate surface area is 61.2 Å². The molecule has 1 atom stereocenters. The third kappa shape index (κ3) is 5.93. The van der Waals surface area contributed by atoms with Gasteiger partial charge in [0.25, 0.3) is 0 Å². The molecule has 1 N–H and O–H groups in total. The zero-order chi connectivity index (χ0) is 7.11. The third-order valence-electron chi connectivity index (χ3n) is 1.02. The van der Waals surface area contributed by atoms with E-state index in [2.05, 4.69) is 13.5 Å². The highest BCUT2D eigenvalue weighted by atomic mass is 32.2.